The fourth-order valence-electron chi connectivity index (χ4n) is 0.946. The fourth-order valence-corrected chi connectivity index (χ4v) is 0.946. The molecule has 0 radical (unpaired) electrons. The summed E-state index contributed by atoms with van der Waals surface area (Å²) in [6.07, 6.45) is 6.63. The monoisotopic (exact) mass is 161 g/mol. The molecule has 0 spiro atoms. The largest absolute Gasteiger partial charge is 0.300 e. The molecule has 0 aromatic rings. The zero-order valence-corrected chi connectivity index (χ0v) is 7.20. The average molecular weight is 161 g/mol. The molecule has 0 bridgehead atoms. The molecule has 62 valence electrons. The zero-order valence-electron chi connectivity index (χ0n) is 7.20. The summed E-state index contributed by atoms with van der Waals surface area (Å²) in [5.41, 5.74) is 2.08. The average Bonchev–Trinajstić information content (AvgIpc) is 2.05. The number of hydrogen-bond donors (Lipinski definition) is 1. The molecule has 12 heavy (non-hydrogen) atoms. The predicted molar refractivity (Wildman–Crippen MR) is 52.2 cm³/mol. The van der Waals surface area contributed by atoms with Gasteiger partial charge in [0.15, 0.2) is 0 Å². The minimum atomic E-state index is 0.466. The van der Waals surface area contributed by atoms with E-state index < -0.39 is 0 Å². The maximum absolute atomic E-state index is 7.54. The Hall–Kier alpha value is -1.51. The second-order valence-electron chi connectivity index (χ2n) is 2.39. The molecule has 0 unspecified atom stereocenters. The molecule has 1 rings (SSSR count). The highest BCUT2D eigenvalue weighted by Gasteiger charge is 2.05. The van der Waals surface area contributed by atoms with Crippen molar-refractivity contribution >= 4 is 18.1 Å². The van der Waals surface area contributed by atoms with Crippen molar-refractivity contribution in [1.29, 1.82) is 5.41 Å². The minimum Gasteiger partial charge on any atom is -0.300 e. The van der Waals surface area contributed by atoms with E-state index in [0.717, 1.165) is 11.3 Å². The Morgan fingerprint density at radius 3 is 3.00 bits per heavy atom. The van der Waals surface area contributed by atoms with Gasteiger partial charge in [0, 0.05) is 29.9 Å². The highest BCUT2D eigenvalue weighted by molar-refractivity contribution is 6.21. The summed E-state index contributed by atoms with van der Waals surface area (Å²) < 4.78 is 0. The molecule has 0 aromatic heterocycles. The molecule has 0 saturated carbocycles. The molecule has 1 aliphatic heterocycles. The summed E-state index contributed by atoms with van der Waals surface area (Å²) in [4.78, 5) is 8.02. The summed E-state index contributed by atoms with van der Waals surface area (Å²) in [6.45, 7) is 3.72. The quantitative estimate of drug-likeness (QED) is 0.571. The van der Waals surface area contributed by atoms with Crippen molar-refractivity contribution in [2.24, 2.45) is 9.98 Å². The number of nitrogens with zero attached hydrogens (tertiary/aromatic N) is 2. The van der Waals surface area contributed by atoms with Crippen molar-refractivity contribution in [2.45, 2.75) is 13.8 Å². The molecule has 0 amide bonds. The molecule has 0 saturated heterocycles. The van der Waals surface area contributed by atoms with Gasteiger partial charge >= 0.3 is 0 Å². The Morgan fingerprint density at radius 1 is 1.67 bits per heavy atom. The number of allylic oxidation sites excluding steroid dienone is 3. The van der Waals surface area contributed by atoms with Crippen LogP contribution < -0.4 is 0 Å². The molecule has 1 N–H and O–H groups in total. The van der Waals surface area contributed by atoms with E-state index in [0.29, 0.717) is 5.71 Å². The van der Waals surface area contributed by atoms with Gasteiger partial charge in [-0.25, -0.2) is 0 Å². The van der Waals surface area contributed by atoms with Crippen molar-refractivity contribution in [2.75, 3.05) is 0 Å². The van der Waals surface area contributed by atoms with E-state index >= 15 is 0 Å². The number of rotatable bonds is 1. The first kappa shape index (κ1) is 8.59. The van der Waals surface area contributed by atoms with Crippen LogP contribution in [0.2, 0.25) is 0 Å². The summed E-state index contributed by atoms with van der Waals surface area (Å²) in [6, 6.07) is 0. The van der Waals surface area contributed by atoms with E-state index in [1.54, 1.807) is 24.7 Å². The van der Waals surface area contributed by atoms with Gasteiger partial charge in [-0.1, -0.05) is 0 Å². The Balaban J connectivity index is 3.02. The summed E-state index contributed by atoms with van der Waals surface area (Å²) >= 11 is 0. The van der Waals surface area contributed by atoms with Crippen LogP contribution in [-0.2, 0) is 0 Å². The fraction of sp³-hybridized carbons (Fsp3) is 0.222. The molecule has 1 heterocycles. The van der Waals surface area contributed by atoms with Gasteiger partial charge in [0.05, 0.1) is 5.71 Å². The van der Waals surface area contributed by atoms with Crippen LogP contribution in [0.15, 0.2) is 33.5 Å². The molecule has 3 nitrogen and oxygen atoms in total. The Labute approximate surface area is 71.7 Å². The summed E-state index contributed by atoms with van der Waals surface area (Å²) in [5.74, 6) is 0. The van der Waals surface area contributed by atoms with E-state index in [4.69, 9.17) is 5.41 Å². The van der Waals surface area contributed by atoms with Crippen molar-refractivity contribution in [1.82, 2.24) is 0 Å². The van der Waals surface area contributed by atoms with Gasteiger partial charge in [-0.3, -0.25) is 9.98 Å². The molecule has 3 heteroatoms. The Kier molecular flexibility index (Phi) is 2.69. The van der Waals surface area contributed by atoms with Crippen molar-refractivity contribution in [3.05, 3.63) is 23.5 Å². The van der Waals surface area contributed by atoms with Crippen molar-refractivity contribution in [3.63, 3.8) is 0 Å². The third kappa shape index (κ3) is 1.75. The summed E-state index contributed by atoms with van der Waals surface area (Å²) in [5, 5.41) is 7.54. The van der Waals surface area contributed by atoms with Crippen LogP contribution in [0.5, 0.6) is 0 Å². The van der Waals surface area contributed by atoms with Crippen LogP contribution in [0, 0.1) is 5.41 Å². The third-order valence-corrected chi connectivity index (χ3v) is 1.53. The SMILES string of the molecule is CC=N/C(C)=C1/C=NC=CC1=N. The van der Waals surface area contributed by atoms with Crippen LogP contribution in [0.4, 0.5) is 0 Å². The topological polar surface area (TPSA) is 48.6 Å². The molecule has 0 fully saturated rings. The second-order valence-corrected chi connectivity index (χ2v) is 2.39. The van der Waals surface area contributed by atoms with Crippen LogP contribution in [0.25, 0.3) is 0 Å². The first-order valence-corrected chi connectivity index (χ1v) is 3.74. The lowest BCUT2D eigenvalue weighted by Crippen LogP contribution is -2.04. The first-order valence-electron chi connectivity index (χ1n) is 3.74. The smallest absolute Gasteiger partial charge is 0.0661 e. The normalized spacial score (nSPS) is 20.7. The van der Waals surface area contributed by atoms with Gasteiger partial charge in [0.25, 0.3) is 0 Å². The Morgan fingerprint density at radius 2 is 2.42 bits per heavy atom. The van der Waals surface area contributed by atoms with Crippen LogP contribution in [-0.4, -0.2) is 18.1 Å². The van der Waals surface area contributed by atoms with E-state index in [9.17, 15) is 0 Å². The molecule has 0 aromatic carbocycles. The van der Waals surface area contributed by atoms with Gasteiger partial charge < -0.3 is 5.41 Å². The lowest BCUT2D eigenvalue weighted by molar-refractivity contribution is 1.29. The maximum Gasteiger partial charge on any atom is 0.0661 e. The Bertz CT molecular complexity index is 306. The zero-order chi connectivity index (χ0) is 8.97. The highest BCUT2D eigenvalue weighted by Crippen LogP contribution is 2.08. The lowest BCUT2D eigenvalue weighted by atomic mass is 10.1. The number of nitrogens with one attached hydrogen (secondary N) is 1. The van der Waals surface area contributed by atoms with E-state index in [-0.39, 0.29) is 0 Å². The number of hydrogen-bond acceptors (Lipinski definition) is 3. The van der Waals surface area contributed by atoms with E-state index in [2.05, 4.69) is 9.98 Å². The standard InChI is InChI=1S/C9H11N3/c1-3-12-7(2)8-6-11-5-4-9(8)10/h3-6,10H,1-2H3/b8-7-,10-9?,12-3?. The van der Waals surface area contributed by atoms with Crippen molar-refractivity contribution in [3.8, 4) is 0 Å². The summed E-state index contributed by atoms with van der Waals surface area (Å²) in [7, 11) is 0. The van der Waals surface area contributed by atoms with Crippen LogP contribution in [0.3, 0.4) is 0 Å². The van der Waals surface area contributed by atoms with E-state index in [1.165, 1.54) is 0 Å². The molecule has 0 aliphatic carbocycles. The minimum absolute atomic E-state index is 0.466. The van der Waals surface area contributed by atoms with Crippen molar-refractivity contribution < 1.29 is 0 Å². The van der Waals surface area contributed by atoms with Gasteiger partial charge in [0.1, 0.15) is 0 Å². The number of aliphatic imine (C=N–C) groups is 2. The van der Waals surface area contributed by atoms with Crippen LogP contribution in [0.1, 0.15) is 13.8 Å². The third-order valence-electron chi connectivity index (χ3n) is 1.53. The molecular formula is C9H11N3. The highest BCUT2D eigenvalue weighted by atomic mass is 14.7. The van der Waals surface area contributed by atoms with Gasteiger partial charge in [-0.15, -0.1) is 0 Å². The van der Waals surface area contributed by atoms with Gasteiger partial charge in [0.2, 0.25) is 0 Å². The van der Waals surface area contributed by atoms with Gasteiger partial charge in [-0.2, -0.15) is 0 Å². The first-order chi connectivity index (χ1) is 5.75. The second kappa shape index (κ2) is 3.76. The maximum atomic E-state index is 7.54. The van der Waals surface area contributed by atoms with E-state index in [1.807, 2.05) is 13.8 Å². The predicted octanol–water partition coefficient (Wildman–Crippen LogP) is 1.97. The van der Waals surface area contributed by atoms with Gasteiger partial charge in [-0.05, 0) is 19.9 Å². The van der Waals surface area contributed by atoms with Crippen LogP contribution >= 0.6 is 0 Å². The molecule has 0 atom stereocenters. The molecular weight excluding hydrogens is 150 g/mol. The molecule has 1 aliphatic rings. The lowest BCUT2D eigenvalue weighted by Gasteiger charge is -2.04.